The molecule has 0 atom stereocenters. The molecule has 0 spiro atoms. The molecule has 6 rings (SSSR count). The molecular formula is C46H52N6O10S2. The molecule has 16 nitrogen and oxygen atoms in total. The predicted octanol–water partition coefficient (Wildman–Crippen LogP) is 5.80. The van der Waals surface area contributed by atoms with Gasteiger partial charge < -0.3 is 38.8 Å². The number of benzene rings is 4. The van der Waals surface area contributed by atoms with Gasteiger partial charge >= 0.3 is 11.9 Å². The zero-order chi connectivity index (χ0) is 46.0. The molecule has 338 valence electrons. The number of carbonyl (C=O) groups is 2. The lowest BCUT2D eigenvalue weighted by atomic mass is 10.1. The van der Waals surface area contributed by atoms with E-state index in [1.54, 1.807) is 72.8 Å². The van der Waals surface area contributed by atoms with Gasteiger partial charge in [-0.3, -0.25) is 0 Å². The normalized spacial score (nSPS) is 12.5. The van der Waals surface area contributed by atoms with Gasteiger partial charge in [0.2, 0.25) is 5.09 Å². The molecule has 0 radical (unpaired) electrons. The molecule has 2 heterocycles. The van der Waals surface area contributed by atoms with Gasteiger partial charge in [0.15, 0.2) is 0 Å². The van der Waals surface area contributed by atoms with Crippen molar-refractivity contribution in [3.63, 3.8) is 0 Å². The van der Waals surface area contributed by atoms with Crippen molar-refractivity contribution in [2.75, 3.05) is 55.5 Å². The number of carbonyl (C=O) groups excluding carboxylic acids is 2. The fourth-order valence-corrected chi connectivity index (χ4v) is 8.47. The van der Waals surface area contributed by atoms with Gasteiger partial charge in [0.05, 0.1) is 20.8 Å². The molecule has 18 heteroatoms. The van der Waals surface area contributed by atoms with E-state index >= 15 is 0 Å². The minimum atomic E-state index is -4.65. The summed E-state index contributed by atoms with van der Waals surface area (Å²) in [7, 11) is 1.57. The van der Waals surface area contributed by atoms with Gasteiger partial charge in [-0.2, -0.15) is 0 Å². The van der Waals surface area contributed by atoms with Gasteiger partial charge in [-0.05, 0) is 133 Å². The van der Waals surface area contributed by atoms with Crippen LogP contribution in [-0.2, 0) is 65.1 Å². The van der Waals surface area contributed by atoms with E-state index in [1.165, 1.54) is 20.3 Å². The quantitative estimate of drug-likeness (QED) is 0.0362. The second-order valence-electron chi connectivity index (χ2n) is 15.4. The summed E-state index contributed by atoms with van der Waals surface area (Å²) in [4.78, 5) is 43.0. The van der Waals surface area contributed by atoms with Crippen LogP contribution in [0.15, 0.2) is 108 Å². The Balaban J connectivity index is 1.29. The first-order chi connectivity index (χ1) is 30.5. The van der Waals surface area contributed by atoms with Crippen LogP contribution in [0, 0.1) is 0 Å². The van der Waals surface area contributed by atoms with Crippen molar-refractivity contribution in [3.05, 3.63) is 141 Å². The number of methoxy groups -OCH3 is 2. The third kappa shape index (κ3) is 12.5. The zero-order valence-corrected chi connectivity index (χ0v) is 38.1. The summed E-state index contributed by atoms with van der Waals surface area (Å²) in [5.74, 6) is -2.54. The molecule has 64 heavy (non-hydrogen) atoms. The van der Waals surface area contributed by atoms with Crippen molar-refractivity contribution in [2.45, 2.75) is 25.9 Å². The number of hydroxylamine groups is 1. The second kappa shape index (κ2) is 20.9. The van der Waals surface area contributed by atoms with Crippen molar-refractivity contribution >= 4 is 65.9 Å². The maximum atomic E-state index is 14.0. The standard InChI is InChI=1S/C46H52N6O10S2/c1-50(2)22-19-36-29-47-42-17-11-32(25-40(36)42)21-24-63(55,56)52(31-34-9-15-39(60-6)16-10-34)62-46(54)45(53)61-44(64(57,58)49-28-33-7-13-38(59-5)14-8-33)27-35-12-18-43-41(26-35)37(30-48-43)20-23-51(3)4/h7-18,21,24-27,29-30,47-49H,19-20,22-23,28,31H2,1-6H3/b24-21+,44-27+. The van der Waals surface area contributed by atoms with Crippen LogP contribution < -0.4 is 14.2 Å². The number of hydrogen-bond acceptors (Lipinski definition) is 12. The molecule has 0 aliphatic carbocycles. The summed E-state index contributed by atoms with van der Waals surface area (Å²) in [6.45, 7) is 0.814. The fraction of sp³-hybridized carbons (Fsp3) is 0.261. The Kier molecular flexibility index (Phi) is 15.4. The topological polar surface area (TPSA) is 193 Å². The van der Waals surface area contributed by atoms with Crippen molar-refractivity contribution in [2.24, 2.45) is 0 Å². The van der Waals surface area contributed by atoms with Gasteiger partial charge in [-0.25, -0.2) is 31.1 Å². The molecule has 0 amide bonds. The molecule has 0 aliphatic rings. The van der Waals surface area contributed by atoms with E-state index < -0.39 is 43.6 Å². The van der Waals surface area contributed by atoms with Gasteiger partial charge in [0.25, 0.3) is 20.0 Å². The highest BCUT2D eigenvalue weighted by molar-refractivity contribution is 7.93. The number of aromatic amines is 2. The van der Waals surface area contributed by atoms with Crippen LogP contribution in [0.25, 0.3) is 34.0 Å². The van der Waals surface area contributed by atoms with E-state index in [-0.39, 0.29) is 6.54 Å². The van der Waals surface area contributed by atoms with Crippen LogP contribution in [0.1, 0.15) is 33.4 Å². The van der Waals surface area contributed by atoms with Crippen molar-refractivity contribution in [3.8, 4) is 11.5 Å². The van der Waals surface area contributed by atoms with Crippen LogP contribution in [0.4, 0.5) is 0 Å². The number of likely N-dealkylation sites (N-methyl/N-ethyl adjacent to an activating group) is 2. The molecule has 2 aromatic heterocycles. The first-order valence-corrected chi connectivity index (χ1v) is 23.1. The summed E-state index contributed by atoms with van der Waals surface area (Å²) in [6.07, 6.45) is 7.69. The molecule has 0 fully saturated rings. The monoisotopic (exact) mass is 912 g/mol. The van der Waals surface area contributed by atoms with Crippen LogP contribution in [0.2, 0.25) is 0 Å². The highest BCUT2D eigenvalue weighted by Crippen LogP contribution is 2.25. The van der Waals surface area contributed by atoms with Crippen LogP contribution in [0.3, 0.4) is 0 Å². The van der Waals surface area contributed by atoms with Gasteiger partial charge in [0, 0.05) is 65.3 Å². The lowest BCUT2D eigenvalue weighted by Gasteiger charge is -2.19. The van der Waals surface area contributed by atoms with E-state index in [9.17, 15) is 26.4 Å². The largest absolute Gasteiger partial charge is 0.497 e. The highest BCUT2D eigenvalue weighted by Gasteiger charge is 2.32. The SMILES string of the molecule is COc1ccc(CNS(=O)(=O)/C(=C/c2ccc3[nH]cc(CCN(C)C)c3c2)OC(=O)C(=O)ON(Cc2ccc(OC)cc2)S(=O)(=O)/C=C/c2ccc3[nH]cc(CCN(C)C)c3c2)cc1. The molecular weight excluding hydrogens is 861 g/mol. The fourth-order valence-electron chi connectivity index (χ4n) is 6.53. The third-order valence-electron chi connectivity index (χ3n) is 10.1. The molecule has 0 bridgehead atoms. The number of fused-ring (bicyclic) bond motifs is 2. The minimum absolute atomic E-state index is 0.216. The minimum Gasteiger partial charge on any atom is -0.497 e. The summed E-state index contributed by atoms with van der Waals surface area (Å²) in [6, 6.07) is 23.4. The number of sulfonamides is 2. The summed E-state index contributed by atoms with van der Waals surface area (Å²) >= 11 is 0. The molecule has 0 unspecified atom stereocenters. The highest BCUT2D eigenvalue weighted by atomic mass is 32.2. The Bertz CT molecular complexity index is 2870. The number of aromatic nitrogens is 2. The van der Waals surface area contributed by atoms with Crippen molar-refractivity contribution in [1.82, 2.24) is 29.0 Å². The van der Waals surface area contributed by atoms with E-state index in [0.717, 1.165) is 63.9 Å². The first-order valence-electron chi connectivity index (χ1n) is 20.1. The Morgan fingerprint density at radius 2 is 1.19 bits per heavy atom. The number of ether oxygens (including phenoxy) is 3. The van der Waals surface area contributed by atoms with Gasteiger partial charge in [0.1, 0.15) is 11.5 Å². The molecule has 0 aliphatic heterocycles. The zero-order valence-electron chi connectivity index (χ0n) is 36.5. The number of H-pyrrole nitrogens is 2. The molecule has 3 N–H and O–H groups in total. The van der Waals surface area contributed by atoms with Gasteiger partial charge in [-0.1, -0.05) is 36.4 Å². The average molecular weight is 913 g/mol. The Morgan fingerprint density at radius 1 is 0.672 bits per heavy atom. The van der Waals surface area contributed by atoms with Crippen molar-refractivity contribution < 1.29 is 45.5 Å². The van der Waals surface area contributed by atoms with E-state index in [2.05, 4.69) is 19.6 Å². The van der Waals surface area contributed by atoms with Crippen LogP contribution in [0.5, 0.6) is 11.5 Å². The molecule has 6 aromatic rings. The summed E-state index contributed by atoms with van der Waals surface area (Å²) in [5, 5.41) is 1.66. The average Bonchev–Trinajstić information content (AvgIpc) is 3.89. The number of hydrogen-bond donors (Lipinski definition) is 3. The summed E-state index contributed by atoms with van der Waals surface area (Å²) < 4.78 is 74.3. The van der Waals surface area contributed by atoms with Gasteiger partial charge in [-0.15, -0.1) is 0 Å². The Hall–Kier alpha value is -6.28. The second-order valence-corrected chi connectivity index (χ2v) is 18.8. The van der Waals surface area contributed by atoms with E-state index in [0.29, 0.717) is 44.6 Å². The summed E-state index contributed by atoms with van der Waals surface area (Å²) in [5.41, 5.74) is 5.51. The Morgan fingerprint density at radius 3 is 1.72 bits per heavy atom. The molecule has 0 saturated carbocycles. The van der Waals surface area contributed by atoms with Crippen LogP contribution in [-0.4, -0.2) is 109 Å². The smallest absolute Gasteiger partial charge is 0.437 e. The third-order valence-corrected chi connectivity index (χ3v) is 12.7. The van der Waals surface area contributed by atoms with Crippen molar-refractivity contribution in [1.29, 1.82) is 0 Å². The van der Waals surface area contributed by atoms with E-state index in [4.69, 9.17) is 19.0 Å². The molecule has 4 aromatic carbocycles. The number of esters is 1. The Labute approximate surface area is 373 Å². The number of nitrogens with zero attached hydrogens (tertiary/aromatic N) is 3. The van der Waals surface area contributed by atoms with Crippen LogP contribution >= 0.6 is 0 Å². The first kappa shape index (κ1) is 47.2. The predicted molar refractivity (Wildman–Crippen MR) is 247 cm³/mol. The lowest BCUT2D eigenvalue weighted by Crippen LogP contribution is -2.36. The lowest BCUT2D eigenvalue weighted by molar-refractivity contribution is -0.183. The number of nitrogens with one attached hydrogen (secondary N) is 3. The number of rotatable bonds is 20. The van der Waals surface area contributed by atoms with E-state index in [1.807, 2.05) is 57.6 Å². The maximum Gasteiger partial charge on any atom is 0.437 e. The molecule has 0 saturated heterocycles. The maximum absolute atomic E-state index is 14.0.